The predicted molar refractivity (Wildman–Crippen MR) is 99.6 cm³/mol. The summed E-state index contributed by atoms with van der Waals surface area (Å²) in [5.74, 6) is -1.61. The fourth-order valence-corrected chi connectivity index (χ4v) is 3.42. The molecule has 1 fully saturated rings. The van der Waals surface area contributed by atoms with Gasteiger partial charge in [-0.15, -0.1) is 0 Å². The minimum absolute atomic E-state index is 0.0148. The normalized spacial score (nSPS) is 15.7. The third-order valence-corrected chi connectivity index (χ3v) is 4.97. The summed E-state index contributed by atoms with van der Waals surface area (Å²) in [5.41, 5.74) is 4.77. The molecule has 1 aromatic heterocycles. The van der Waals surface area contributed by atoms with Crippen LogP contribution in [0.25, 0.3) is 11.4 Å². The van der Waals surface area contributed by atoms with E-state index in [4.69, 9.17) is 9.26 Å². The van der Waals surface area contributed by atoms with E-state index >= 15 is 0 Å². The molecule has 1 aliphatic rings. The Morgan fingerprint density at radius 1 is 1.07 bits per heavy atom. The topological polar surface area (TPSA) is 89.3 Å². The molecule has 2 N–H and O–H groups in total. The van der Waals surface area contributed by atoms with Crippen LogP contribution < -0.4 is 10.9 Å². The van der Waals surface area contributed by atoms with Gasteiger partial charge < -0.3 is 9.26 Å². The van der Waals surface area contributed by atoms with Crippen LogP contribution in [0.5, 0.6) is 0 Å². The third kappa shape index (κ3) is 3.81. The van der Waals surface area contributed by atoms with E-state index in [1.54, 1.807) is 0 Å². The number of carbonyl (C=O) groups is 1. The monoisotopic (exact) mass is 400 g/mol. The first-order valence-electron chi connectivity index (χ1n) is 9.07. The Morgan fingerprint density at radius 2 is 1.83 bits per heavy atom. The number of hydrazine groups is 1. The average Bonchev–Trinajstić information content (AvgIpc) is 3.22. The molecule has 0 radical (unpaired) electrons. The van der Waals surface area contributed by atoms with Crippen molar-refractivity contribution in [1.29, 1.82) is 0 Å². The van der Waals surface area contributed by atoms with Crippen molar-refractivity contribution in [3.05, 3.63) is 65.7 Å². The van der Waals surface area contributed by atoms with Crippen LogP contribution in [0.2, 0.25) is 0 Å². The second kappa shape index (κ2) is 7.96. The number of nitrogens with zero attached hydrogens (tertiary/aromatic N) is 2. The number of hydrogen-bond acceptors (Lipinski definition) is 6. The summed E-state index contributed by atoms with van der Waals surface area (Å²) in [5, 5.41) is 3.85. The van der Waals surface area contributed by atoms with Crippen molar-refractivity contribution in [1.82, 2.24) is 15.6 Å². The largest absolute Gasteiger partial charge is 0.381 e. The Bertz CT molecular complexity index is 1000. The van der Waals surface area contributed by atoms with Gasteiger partial charge >= 0.3 is 6.01 Å². The van der Waals surface area contributed by atoms with Crippen LogP contribution in [0.3, 0.4) is 0 Å². The summed E-state index contributed by atoms with van der Waals surface area (Å²) in [6.07, 6.45) is 0.504. The van der Waals surface area contributed by atoms with Crippen LogP contribution in [-0.4, -0.2) is 29.3 Å². The van der Waals surface area contributed by atoms with E-state index in [1.165, 1.54) is 6.07 Å². The molecule has 7 nitrogen and oxygen atoms in total. The second-order valence-corrected chi connectivity index (χ2v) is 6.69. The SMILES string of the molecule is O=C(NNc1nc(-c2ccccc2)no1)C1(c2ccc(F)cc2F)CCOCC1. The standard InChI is InChI=1S/C20H18F2N4O3/c21-14-6-7-15(16(22)12-14)20(8-10-28-11-9-20)18(27)24-25-19-23-17(26-29-19)13-4-2-1-3-5-13/h1-7,12H,8-11H2,(H,24,27)(H,23,25,26). The molecule has 0 saturated carbocycles. The van der Waals surface area contributed by atoms with Crippen molar-refractivity contribution in [2.75, 3.05) is 18.6 Å². The highest BCUT2D eigenvalue weighted by Gasteiger charge is 2.43. The third-order valence-electron chi connectivity index (χ3n) is 4.97. The van der Waals surface area contributed by atoms with Gasteiger partial charge in [0.1, 0.15) is 11.6 Å². The summed E-state index contributed by atoms with van der Waals surface area (Å²) < 4.78 is 38.3. The highest BCUT2D eigenvalue weighted by Crippen LogP contribution is 2.37. The maximum absolute atomic E-state index is 14.5. The number of amides is 1. The molecule has 1 aliphatic heterocycles. The maximum Gasteiger partial charge on any atom is 0.340 e. The smallest absolute Gasteiger partial charge is 0.340 e. The van der Waals surface area contributed by atoms with Gasteiger partial charge in [0, 0.05) is 30.4 Å². The number of hydrogen-bond donors (Lipinski definition) is 2. The summed E-state index contributed by atoms with van der Waals surface area (Å²) in [7, 11) is 0. The molecule has 0 aliphatic carbocycles. The Morgan fingerprint density at radius 3 is 2.55 bits per heavy atom. The molecule has 150 valence electrons. The fraction of sp³-hybridized carbons (Fsp3) is 0.250. The molecule has 2 heterocycles. The Kier molecular flexibility index (Phi) is 5.22. The second-order valence-electron chi connectivity index (χ2n) is 6.69. The predicted octanol–water partition coefficient (Wildman–Crippen LogP) is 3.21. The fourth-order valence-electron chi connectivity index (χ4n) is 3.42. The van der Waals surface area contributed by atoms with Gasteiger partial charge in [-0.25, -0.2) is 14.2 Å². The van der Waals surface area contributed by atoms with Crippen LogP contribution in [0.4, 0.5) is 14.8 Å². The van der Waals surface area contributed by atoms with Crippen molar-refractivity contribution in [2.45, 2.75) is 18.3 Å². The first kappa shape index (κ1) is 19.0. The summed E-state index contributed by atoms with van der Waals surface area (Å²) in [6, 6.07) is 12.4. The van der Waals surface area contributed by atoms with Gasteiger partial charge in [0.2, 0.25) is 11.7 Å². The van der Waals surface area contributed by atoms with Gasteiger partial charge in [-0.05, 0) is 18.9 Å². The minimum atomic E-state index is -1.20. The lowest BCUT2D eigenvalue weighted by Crippen LogP contribution is -2.50. The van der Waals surface area contributed by atoms with Crippen molar-refractivity contribution in [3.63, 3.8) is 0 Å². The Balaban J connectivity index is 1.53. The van der Waals surface area contributed by atoms with Crippen LogP contribution in [0, 0.1) is 11.6 Å². The van der Waals surface area contributed by atoms with Crippen LogP contribution in [0.1, 0.15) is 18.4 Å². The van der Waals surface area contributed by atoms with Gasteiger partial charge in [-0.1, -0.05) is 41.6 Å². The first-order chi connectivity index (χ1) is 14.1. The zero-order valence-corrected chi connectivity index (χ0v) is 15.3. The van der Waals surface area contributed by atoms with Crippen LogP contribution in [0.15, 0.2) is 53.1 Å². The van der Waals surface area contributed by atoms with Gasteiger partial charge in [0.15, 0.2) is 0 Å². The summed E-state index contributed by atoms with van der Waals surface area (Å²) in [6.45, 7) is 0.561. The minimum Gasteiger partial charge on any atom is -0.381 e. The summed E-state index contributed by atoms with van der Waals surface area (Å²) in [4.78, 5) is 17.2. The molecule has 0 unspecified atom stereocenters. The number of aromatic nitrogens is 2. The lowest BCUT2D eigenvalue weighted by Gasteiger charge is -2.36. The Hall–Kier alpha value is -3.33. The molecule has 1 saturated heterocycles. The molecule has 2 aromatic carbocycles. The number of halogens is 2. The van der Waals surface area contributed by atoms with E-state index in [2.05, 4.69) is 21.0 Å². The molecule has 0 bridgehead atoms. The van der Waals surface area contributed by atoms with E-state index in [9.17, 15) is 13.6 Å². The number of carbonyl (C=O) groups excluding carboxylic acids is 1. The van der Waals surface area contributed by atoms with Crippen molar-refractivity contribution in [3.8, 4) is 11.4 Å². The molecule has 4 rings (SSSR count). The molecule has 0 spiro atoms. The van der Waals surface area contributed by atoms with Gasteiger partial charge in [-0.2, -0.15) is 4.98 Å². The molecule has 29 heavy (non-hydrogen) atoms. The van der Waals surface area contributed by atoms with Crippen LogP contribution in [-0.2, 0) is 14.9 Å². The zero-order chi connectivity index (χ0) is 20.3. The molecule has 1 amide bonds. The van der Waals surface area contributed by atoms with Crippen molar-refractivity contribution in [2.24, 2.45) is 0 Å². The molecule has 0 atom stereocenters. The quantitative estimate of drug-likeness (QED) is 0.640. The van der Waals surface area contributed by atoms with Gasteiger partial charge in [0.05, 0.1) is 5.41 Å². The van der Waals surface area contributed by atoms with E-state index in [0.29, 0.717) is 5.82 Å². The maximum atomic E-state index is 14.5. The Labute approximate surface area is 165 Å². The van der Waals surface area contributed by atoms with E-state index < -0.39 is 23.0 Å². The van der Waals surface area contributed by atoms with Gasteiger partial charge in [-0.3, -0.25) is 10.2 Å². The number of nitrogens with one attached hydrogen (secondary N) is 2. The number of anilines is 1. The van der Waals surface area contributed by atoms with Crippen LogP contribution >= 0.6 is 0 Å². The van der Waals surface area contributed by atoms with Crippen molar-refractivity contribution < 1.29 is 22.8 Å². The zero-order valence-electron chi connectivity index (χ0n) is 15.3. The van der Waals surface area contributed by atoms with E-state index in [1.807, 2.05) is 30.3 Å². The van der Waals surface area contributed by atoms with Crippen molar-refractivity contribution >= 4 is 11.9 Å². The number of ether oxygens (including phenoxy) is 1. The first-order valence-corrected chi connectivity index (χ1v) is 9.07. The highest BCUT2D eigenvalue weighted by atomic mass is 19.1. The lowest BCUT2D eigenvalue weighted by atomic mass is 9.73. The number of benzene rings is 2. The summed E-state index contributed by atoms with van der Waals surface area (Å²) >= 11 is 0. The molecular formula is C20H18F2N4O3. The van der Waals surface area contributed by atoms with E-state index in [-0.39, 0.29) is 37.6 Å². The molecule has 3 aromatic rings. The molecule has 9 heteroatoms. The lowest BCUT2D eigenvalue weighted by molar-refractivity contribution is -0.130. The molecular weight excluding hydrogens is 382 g/mol. The average molecular weight is 400 g/mol. The highest BCUT2D eigenvalue weighted by molar-refractivity contribution is 5.89. The number of rotatable bonds is 5. The van der Waals surface area contributed by atoms with Gasteiger partial charge in [0.25, 0.3) is 0 Å². The van der Waals surface area contributed by atoms with E-state index in [0.717, 1.165) is 17.7 Å².